The summed E-state index contributed by atoms with van der Waals surface area (Å²) in [6.45, 7) is 2.00. The number of aromatic nitrogens is 3. The van der Waals surface area contributed by atoms with Crippen LogP contribution < -0.4 is 5.32 Å². The average molecular weight is 667 g/mol. The van der Waals surface area contributed by atoms with Gasteiger partial charge in [-0.05, 0) is 41.8 Å². The number of nitrogens with one attached hydrogen (secondary N) is 1. The van der Waals surface area contributed by atoms with Crippen molar-refractivity contribution < 1.29 is 19.8 Å². The number of hydrogen-bond acceptors (Lipinski definition) is 7. The highest BCUT2D eigenvalue weighted by Gasteiger charge is 2.24. The summed E-state index contributed by atoms with van der Waals surface area (Å²) in [4.78, 5) is 38.1. The quantitative estimate of drug-likeness (QED) is 0.145. The Balaban J connectivity index is 0.000000182. The van der Waals surface area contributed by atoms with Gasteiger partial charge in [0.1, 0.15) is 11.4 Å². The number of nitrogens with zero attached hydrogens (tertiary/aromatic N) is 3. The van der Waals surface area contributed by atoms with E-state index < -0.39 is 5.24 Å². The number of rotatable bonds is 7. The lowest BCUT2D eigenvalue weighted by Crippen LogP contribution is -2.28. The first-order valence-corrected chi connectivity index (χ1v) is 16.0. The van der Waals surface area contributed by atoms with Gasteiger partial charge in [-0.15, -0.1) is 0 Å². The summed E-state index contributed by atoms with van der Waals surface area (Å²) in [5, 5.41) is 24.9. The Morgan fingerprint density at radius 2 is 1.16 bits per heavy atom. The van der Waals surface area contributed by atoms with Crippen LogP contribution in [0.15, 0.2) is 134 Å². The SMILES string of the molecule is CCC(NC(=O)c1c(O)c(-c2ccccc2)nc2ccccc12)c1cccnc1.O=C(Cl)c1c(O)c(-c2ccccc2)nc2ccccc12. The molecular weight excluding hydrogens is 636 g/mol. The Hall–Kier alpha value is -6.12. The van der Waals surface area contributed by atoms with E-state index in [1.54, 1.807) is 36.7 Å². The van der Waals surface area contributed by atoms with Crippen molar-refractivity contribution in [1.29, 1.82) is 0 Å². The average Bonchev–Trinajstić information content (AvgIpc) is 3.14. The third-order valence-corrected chi connectivity index (χ3v) is 8.24. The van der Waals surface area contributed by atoms with E-state index in [1.807, 2.05) is 104 Å². The van der Waals surface area contributed by atoms with Crippen molar-refractivity contribution in [2.75, 3.05) is 0 Å². The number of carbonyl (C=O) groups is 2. The lowest BCUT2D eigenvalue weighted by molar-refractivity contribution is 0.0934. The standard InChI is InChI=1S/C24H21N3O2.C16H10ClNO2/c1-2-19(17-11-8-14-25-15-17)27-24(29)21-18-12-6-7-13-20(18)26-22(23(21)28)16-9-4-3-5-10-16;17-16(20)13-11-8-4-5-9-12(11)18-14(15(13)19)10-6-2-1-3-7-10/h3-15,19,28H,2H2,1H3,(H,27,29);1-9,19H. The maximum absolute atomic E-state index is 13.3. The highest BCUT2D eigenvalue weighted by Crippen LogP contribution is 2.37. The lowest BCUT2D eigenvalue weighted by atomic mass is 10.0. The largest absolute Gasteiger partial charge is 0.505 e. The highest BCUT2D eigenvalue weighted by molar-refractivity contribution is 6.69. The van der Waals surface area contributed by atoms with Crippen LogP contribution in [0, 0.1) is 0 Å². The molecule has 3 aromatic heterocycles. The summed E-state index contributed by atoms with van der Waals surface area (Å²) in [5.41, 5.74) is 4.76. The van der Waals surface area contributed by atoms with E-state index >= 15 is 0 Å². The van der Waals surface area contributed by atoms with E-state index in [9.17, 15) is 19.8 Å². The molecule has 0 saturated heterocycles. The van der Waals surface area contributed by atoms with Crippen molar-refractivity contribution >= 4 is 44.6 Å². The summed E-state index contributed by atoms with van der Waals surface area (Å²) in [6, 6.07) is 36.6. The number of fused-ring (bicyclic) bond motifs is 2. The Bertz CT molecular complexity index is 2270. The second-order valence-electron chi connectivity index (χ2n) is 11.1. The van der Waals surface area contributed by atoms with Crippen LogP contribution in [0.3, 0.4) is 0 Å². The van der Waals surface area contributed by atoms with E-state index in [1.165, 1.54) is 0 Å². The van der Waals surface area contributed by atoms with E-state index in [0.717, 1.165) is 16.7 Å². The van der Waals surface area contributed by atoms with Gasteiger partial charge in [-0.25, -0.2) is 9.97 Å². The molecule has 0 fully saturated rings. The molecule has 0 saturated carbocycles. The molecule has 4 aromatic carbocycles. The number of halogens is 1. The molecule has 9 heteroatoms. The molecule has 1 unspecified atom stereocenters. The van der Waals surface area contributed by atoms with Gasteiger partial charge < -0.3 is 15.5 Å². The van der Waals surface area contributed by atoms with E-state index in [-0.39, 0.29) is 34.6 Å². The molecule has 0 aliphatic carbocycles. The molecule has 49 heavy (non-hydrogen) atoms. The molecular formula is C40H31ClN4O4. The van der Waals surface area contributed by atoms with E-state index in [0.29, 0.717) is 39.6 Å². The molecule has 242 valence electrons. The molecule has 0 aliphatic heterocycles. The number of aromatic hydroxyl groups is 2. The Labute approximate surface area is 287 Å². The zero-order valence-corrected chi connectivity index (χ0v) is 27.2. The van der Waals surface area contributed by atoms with Crippen LogP contribution in [0.2, 0.25) is 0 Å². The van der Waals surface area contributed by atoms with Gasteiger partial charge in [0, 0.05) is 34.3 Å². The van der Waals surface area contributed by atoms with E-state index in [4.69, 9.17) is 11.6 Å². The summed E-state index contributed by atoms with van der Waals surface area (Å²) in [6.07, 6.45) is 4.15. The molecule has 3 N–H and O–H groups in total. The minimum atomic E-state index is -0.696. The minimum Gasteiger partial charge on any atom is -0.505 e. The van der Waals surface area contributed by atoms with Gasteiger partial charge in [0.05, 0.1) is 28.2 Å². The Morgan fingerprint density at radius 3 is 1.65 bits per heavy atom. The molecule has 0 spiro atoms. The monoisotopic (exact) mass is 666 g/mol. The number of benzene rings is 4. The smallest absolute Gasteiger partial charge is 0.256 e. The van der Waals surface area contributed by atoms with Gasteiger partial charge in [0.15, 0.2) is 11.5 Å². The first-order chi connectivity index (χ1) is 23.9. The van der Waals surface area contributed by atoms with Crippen LogP contribution in [0.1, 0.15) is 45.7 Å². The van der Waals surface area contributed by atoms with Crippen LogP contribution in [0.25, 0.3) is 44.3 Å². The predicted octanol–water partition coefficient (Wildman–Crippen LogP) is 8.87. The number of pyridine rings is 3. The van der Waals surface area contributed by atoms with Crippen molar-refractivity contribution in [2.45, 2.75) is 19.4 Å². The third kappa shape index (κ3) is 6.95. The van der Waals surface area contributed by atoms with Gasteiger partial charge in [0.25, 0.3) is 11.1 Å². The fourth-order valence-corrected chi connectivity index (χ4v) is 5.85. The summed E-state index contributed by atoms with van der Waals surface area (Å²) >= 11 is 5.62. The molecule has 7 aromatic rings. The maximum atomic E-state index is 13.3. The topological polar surface area (TPSA) is 125 Å². The molecule has 1 amide bonds. The van der Waals surface area contributed by atoms with Gasteiger partial charge >= 0.3 is 0 Å². The van der Waals surface area contributed by atoms with Crippen LogP contribution >= 0.6 is 11.6 Å². The van der Waals surface area contributed by atoms with Crippen molar-refractivity contribution in [3.05, 3.63) is 150 Å². The fraction of sp³-hybridized carbons (Fsp3) is 0.0750. The minimum absolute atomic E-state index is 0.0936. The van der Waals surface area contributed by atoms with Gasteiger partial charge in [0.2, 0.25) is 0 Å². The molecule has 0 bridgehead atoms. The zero-order chi connectivity index (χ0) is 34.3. The Morgan fingerprint density at radius 1 is 0.673 bits per heavy atom. The number of para-hydroxylation sites is 2. The lowest BCUT2D eigenvalue weighted by Gasteiger charge is -2.19. The normalized spacial score (nSPS) is 11.4. The van der Waals surface area contributed by atoms with Gasteiger partial charge in [-0.2, -0.15) is 0 Å². The maximum Gasteiger partial charge on any atom is 0.256 e. The van der Waals surface area contributed by atoms with Crippen LogP contribution in [-0.2, 0) is 0 Å². The Kier molecular flexibility index (Phi) is 9.88. The molecule has 8 nitrogen and oxygen atoms in total. The van der Waals surface area contributed by atoms with Crippen LogP contribution in [-0.4, -0.2) is 36.3 Å². The summed E-state index contributed by atoms with van der Waals surface area (Å²) in [7, 11) is 0. The summed E-state index contributed by atoms with van der Waals surface area (Å²) < 4.78 is 0. The molecule has 0 radical (unpaired) electrons. The number of amides is 1. The van der Waals surface area contributed by atoms with Crippen molar-refractivity contribution in [3.8, 4) is 34.0 Å². The second kappa shape index (κ2) is 14.8. The third-order valence-electron chi connectivity index (χ3n) is 8.05. The van der Waals surface area contributed by atoms with Gasteiger partial charge in [-0.1, -0.05) is 110 Å². The zero-order valence-electron chi connectivity index (χ0n) is 26.4. The number of hydrogen-bond donors (Lipinski definition) is 3. The molecule has 3 heterocycles. The van der Waals surface area contributed by atoms with Crippen molar-refractivity contribution in [1.82, 2.24) is 20.3 Å². The van der Waals surface area contributed by atoms with E-state index in [2.05, 4.69) is 20.3 Å². The van der Waals surface area contributed by atoms with Gasteiger partial charge in [-0.3, -0.25) is 14.6 Å². The first-order valence-electron chi connectivity index (χ1n) is 15.6. The van der Waals surface area contributed by atoms with Crippen molar-refractivity contribution in [2.24, 2.45) is 0 Å². The first kappa shape index (κ1) is 32.8. The predicted molar refractivity (Wildman–Crippen MR) is 193 cm³/mol. The van der Waals surface area contributed by atoms with Crippen LogP contribution in [0.5, 0.6) is 11.5 Å². The molecule has 0 aliphatic rings. The second-order valence-corrected chi connectivity index (χ2v) is 11.5. The molecule has 1 atom stereocenters. The van der Waals surface area contributed by atoms with Crippen LogP contribution in [0.4, 0.5) is 0 Å². The highest BCUT2D eigenvalue weighted by atomic mass is 35.5. The number of carbonyl (C=O) groups excluding carboxylic acids is 2. The fourth-order valence-electron chi connectivity index (χ4n) is 5.66. The van der Waals surface area contributed by atoms with Crippen molar-refractivity contribution in [3.63, 3.8) is 0 Å². The summed E-state index contributed by atoms with van der Waals surface area (Å²) in [5.74, 6) is -0.641. The molecule has 7 rings (SSSR count).